The zero-order valence-electron chi connectivity index (χ0n) is 9.79. The molecular formula is C11H12N2O5S. The van der Waals surface area contributed by atoms with Crippen LogP contribution in [-0.4, -0.2) is 28.2 Å². The summed E-state index contributed by atoms with van der Waals surface area (Å²) in [5, 5.41) is 9.52. The number of primary amides is 1. The average molecular weight is 284 g/mol. The largest absolute Gasteiger partial charge is 0.493 e. The van der Waals surface area contributed by atoms with E-state index in [1.807, 2.05) is 0 Å². The Hall–Kier alpha value is -2.22. The molecule has 0 spiro atoms. The van der Waals surface area contributed by atoms with E-state index < -0.39 is 16.4 Å². The molecule has 0 fully saturated rings. The molecule has 0 aliphatic heterocycles. The van der Waals surface area contributed by atoms with Gasteiger partial charge in [-0.15, -0.1) is 0 Å². The molecule has 0 saturated heterocycles. The number of nitrogens with two attached hydrogens (primary N) is 1. The molecule has 0 bridgehead atoms. The second-order valence-corrected chi connectivity index (χ2v) is 4.33. The first-order valence-corrected chi connectivity index (χ1v) is 6.02. The minimum atomic E-state index is -0.938. The highest BCUT2D eigenvalue weighted by molar-refractivity contribution is 8.26. The van der Waals surface area contributed by atoms with E-state index in [0.717, 1.165) is 0 Å². The van der Waals surface area contributed by atoms with Crippen LogP contribution in [0.1, 0.15) is 6.42 Å². The number of carboxylic acids is 1. The van der Waals surface area contributed by atoms with Gasteiger partial charge in [-0.3, -0.25) is 14.4 Å². The second kappa shape index (κ2) is 7.27. The van der Waals surface area contributed by atoms with Crippen molar-refractivity contribution in [1.29, 1.82) is 0 Å². The third kappa shape index (κ3) is 6.32. The summed E-state index contributed by atoms with van der Waals surface area (Å²) in [4.78, 5) is 32.0. The number of aliphatic carboxylic acids is 1. The average Bonchev–Trinajstić information content (AvgIpc) is 2.29. The summed E-state index contributed by atoms with van der Waals surface area (Å²) < 4.78 is 5.17. The Labute approximate surface area is 113 Å². The van der Waals surface area contributed by atoms with E-state index >= 15 is 0 Å². The van der Waals surface area contributed by atoms with Crippen molar-refractivity contribution in [3.63, 3.8) is 0 Å². The molecule has 0 aliphatic carbocycles. The van der Waals surface area contributed by atoms with E-state index in [9.17, 15) is 14.4 Å². The Morgan fingerprint density at radius 3 is 2.42 bits per heavy atom. The predicted molar refractivity (Wildman–Crippen MR) is 70.4 cm³/mol. The molecule has 0 unspecified atom stereocenters. The van der Waals surface area contributed by atoms with Crippen molar-refractivity contribution in [3.05, 3.63) is 24.3 Å². The van der Waals surface area contributed by atoms with Gasteiger partial charge in [0.2, 0.25) is 0 Å². The first-order chi connectivity index (χ1) is 8.97. The molecule has 1 aromatic carbocycles. The molecule has 0 aromatic heterocycles. The van der Waals surface area contributed by atoms with Crippen molar-refractivity contribution in [3.8, 4) is 5.75 Å². The lowest BCUT2D eigenvalue weighted by molar-refractivity contribution is -0.137. The van der Waals surface area contributed by atoms with Crippen LogP contribution in [0, 0.1) is 0 Å². The van der Waals surface area contributed by atoms with E-state index in [-0.39, 0.29) is 13.0 Å². The summed E-state index contributed by atoms with van der Waals surface area (Å²) in [6.45, 7) is 0.0680. The molecule has 7 nitrogen and oxygen atoms in total. The molecule has 102 valence electrons. The summed E-state index contributed by atoms with van der Waals surface area (Å²) in [5.74, 6) is -0.450. The first-order valence-electron chi connectivity index (χ1n) is 5.20. The van der Waals surface area contributed by atoms with Crippen LogP contribution in [0.2, 0.25) is 0 Å². The Balaban J connectivity index is 2.45. The van der Waals surface area contributed by atoms with Gasteiger partial charge in [0.15, 0.2) is 0 Å². The predicted octanol–water partition coefficient (Wildman–Crippen LogP) is 1.88. The lowest BCUT2D eigenvalue weighted by atomic mass is 10.3. The van der Waals surface area contributed by atoms with Gasteiger partial charge in [-0.1, -0.05) is 0 Å². The minimum Gasteiger partial charge on any atom is -0.493 e. The summed E-state index contributed by atoms with van der Waals surface area (Å²) in [7, 11) is 0. The Kier molecular flexibility index (Phi) is 5.68. The molecule has 0 heterocycles. The number of hydrogen-bond acceptors (Lipinski definition) is 5. The Morgan fingerprint density at radius 1 is 1.26 bits per heavy atom. The summed E-state index contributed by atoms with van der Waals surface area (Å²) >= 11 is 0.363. The number of thioether (sulfide) groups is 1. The van der Waals surface area contributed by atoms with Crippen molar-refractivity contribution in [1.82, 2.24) is 0 Å². The van der Waals surface area contributed by atoms with Crippen LogP contribution in [0.15, 0.2) is 24.3 Å². The van der Waals surface area contributed by atoms with Crippen LogP contribution in [0.4, 0.5) is 15.3 Å². The van der Waals surface area contributed by atoms with Gasteiger partial charge in [-0.2, -0.15) is 0 Å². The summed E-state index contributed by atoms with van der Waals surface area (Å²) in [6, 6.07) is 6.28. The number of rotatable bonds is 5. The lowest BCUT2D eigenvalue weighted by Crippen LogP contribution is -2.12. The highest BCUT2D eigenvalue weighted by atomic mass is 32.2. The molecule has 1 rings (SSSR count). The van der Waals surface area contributed by atoms with E-state index in [2.05, 4.69) is 5.32 Å². The van der Waals surface area contributed by atoms with Gasteiger partial charge < -0.3 is 20.9 Å². The number of benzene rings is 1. The Morgan fingerprint density at radius 2 is 1.89 bits per heavy atom. The molecule has 0 aliphatic rings. The third-order valence-corrected chi connectivity index (χ3v) is 2.37. The van der Waals surface area contributed by atoms with Crippen molar-refractivity contribution in [2.75, 3.05) is 11.9 Å². The van der Waals surface area contributed by atoms with Gasteiger partial charge in [-0.25, -0.2) is 0 Å². The Bertz CT molecular complexity index is 474. The first kappa shape index (κ1) is 14.8. The highest BCUT2D eigenvalue weighted by Crippen LogP contribution is 2.17. The van der Waals surface area contributed by atoms with Gasteiger partial charge >= 0.3 is 5.97 Å². The normalized spacial score (nSPS) is 9.68. The molecule has 8 heteroatoms. The second-order valence-electron chi connectivity index (χ2n) is 3.35. The van der Waals surface area contributed by atoms with E-state index in [4.69, 9.17) is 15.6 Å². The maximum Gasteiger partial charge on any atom is 0.306 e. The maximum atomic E-state index is 11.2. The smallest absolute Gasteiger partial charge is 0.306 e. The standard InChI is InChI=1S/C11H12N2O5S/c12-10(16)19-11(17)13-7-1-3-8(4-2-7)18-6-5-9(14)15/h1-4H,5-6H2,(H2,12,16)(H,13,17)(H,14,15). The number of amides is 2. The quantitative estimate of drug-likeness (QED) is 0.759. The van der Waals surface area contributed by atoms with E-state index in [1.54, 1.807) is 24.3 Å². The van der Waals surface area contributed by atoms with E-state index in [0.29, 0.717) is 23.2 Å². The van der Waals surface area contributed by atoms with Crippen LogP contribution in [0.3, 0.4) is 0 Å². The zero-order valence-corrected chi connectivity index (χ0v) is 10.6. The SMILES string of the molecule is NC(=O)SC(=O)Nc1ccc(OCCC(=O)O)cc1. The molecule has 4 N–H and O–H groups in total. The fourth-order valence-electron chi connectivity index (χ4n) is 1.13. The van der Waals surface area contributed by atoms with Crippen LogP contribution in [-0.2, 0) is 4.79 Å². The van der Waals surface area contributed by atoms with Gasteiger partial charge in [0.05, 0.1) is 13.0 Å². The molecule has 19 heavy (non-hydrogen) atoms. The lowest BCUT2D eigenvalue weighted by Gasteiger charge is -2.06. The van der Waals surface area contributed by atoms with Gasteiger partial charge in [-0.05, 0) is 24.3 Å². The fraction of sp³-hybridized carbons (Fsp3) is 0.182. The van der Waals surface area contributed by atoms with Gasteiger partial charge in [0, 0.05) is 17.4 Å². The third-order valence-electron chi connectivity index (χ3n) is 1.88. The van der Waals surface area contributed by atoms with Crippen molar-refractivity contribution in [2.24, 2.45) is 5.73 Å². The maximum absolute atomic E-state index is 11.2. The minimum absolute atomic E-state index is 0.0680. The summed E-state index contributed by atoms with van der Waals surface area (Å²) in [5.41, 5.74) is 5.32. The number of hydrogen-bond donors (Lipinski definition) is 3. The molecule has 0 radical (unpaired) electrons. The van der Waals surface area contributed by atoms with Gasteiger partial charge in [0.1, 0.15) is 5.75 Å². The number of ether oxygens (including phenoxy) is 1. The molecular weight excluding hydrogens is 272 g/mol. The molecule has 2 amide bonds. The van der Waals surface area contributed by atoms with Crippen molar-refractivity contribution >= 4 is 33.9 Å². The number of anilines is 1. The summed E-state index contributed by atoms with van der Waals surface area (Å²) in [6.07, 6.45) is -0.0895. The topological polar surface area (TPSA) is 119 Å². The number of carbonyl (C=O) groups is 3. The highest BCUT2D eigenvalue weighted by Gasteiger charge is 2.07. The number of carboxylic acid groups (broad SMARTS) is 1. The van der Waals surface area contributed by atoms with Gasteiger partial charge in [0.25, 0.3) is 10.5 Å². The van der Waals surface area contributed by atoms with Crippen molar-refractivity contribution < 1.29 is 24.2 Å². The number of nitrogens with one attached hydrogen (secondary N) is 1. The van der Waals surface area contributed by atoms with Crippen molar-refractivity contribution in [2.45, 2.75) is 6.42 Å². The fourth-order valence-corrected chi connectivity index (χ4v) is 1.48. The van der Waals surface area contributed by atoms with Crippen LogP contribution in [0.5, 0.6) is 5.75 Å². The van der Waals surface area contributed by atoms with Crippen LogP contribution in [0.25, 0.3) is 0 Å². The monoisotopic (exact) mass is 284 g/mol. The number of carbonyl (C=O) groups excluding carboxylic acids is 2. The van der Waals surface area contributed by atoms with Crippen LogP contribution >= 0.6 is 11.8 Å². The zero-order chi connectivity index (χ0) is 14.3. The van der Waals surface area contributed by atoms with E-state index in [1.165, 1.54) is 0 Å². The molecule has 0 saturated carbocycles. The van der Waals surface area contributed by atoms with Crippen LogP contribution < -0.4 is 15.8 Å². The molecule has 0 atom stereocenters. The molecule has 1 aromatic rings.